The monoisotopic (exact) mass is 374 g/mol. The molecule has 0 aliphatic carbocycles. The van der Waals surface area contributed by atoms with Gasteiger partial charge in [0, 0.05) is 17.9 Å². The summed E-state index contributed by atoms with van der Waals surface area (Å²) in [5.74, 6) is 1.23. The molecule has 0 spiro atoms. The Bertz CT molecular complexity index is 753. The highest BCUT2D eigenvalue weighted by molar-refractivity contribution is 5.43. The fourth-order valence-electron chi connectivity index (χ4n) is 3.13. The van der Waals surface area contributed by atoms with Crippen LogP contribution in [0, 0.1) is 10.1 Å². The van der Waals surface area contributed by atoms with Gasteiger partial charge in [-0.1, -0.05) is 36.4 Å². The van der Waals surface area contributed by atoms with Crippen LogP contribution in [0.15, 0.2) is 48.5 Å². The summed E-state index contributed by atoms with van der Waals surface area (Å²) >= 11 is 0. The van der Waals surface area contributed by atoms with Crippen molar-refractivity contribution >= 4 is 0 Å². The lowest BCUT2D eigenvalue weighted by Gasteiger charge is -2.32. The summed E-state index contributed by atoms with van der Waals surface area (Å²) in [7, 11) is 3.13. The van der Waals surface area contributed by atoms with Crippen LogP contribution in [0.5, 0.6) is 11.5 Å². The molecule has 0 saturated carbocycles. The van der Waals surface area contributed by atoms with E-state index in [1.54, 1.807) is 32.4 Å². The maximum absolute atomic E-state index is 11.4. The zero-order chi connectivity index (χ0) is 20.0. The minimum Gasteiger partial charge on any atom is -0.493 e. The van der Waals surface area contributed by atoms with Crippen LogP contribution < -0.4 is 9.47 Å². The summed E-state index contributed by atoms with van der Waals surface area (Å²) < 4.78 is 10.6. The van der Waals surface area contributed by atoms with Crippen LogP contribution in [0.3, 0.4) is 0 Å². The predicted octanol–water partition coefficient (Wildman–Crippen LogP) is 3.73. The lowest BCUT2D eigenvalue weighted by atomic mass is 9.97. The lowest BCUT2D eigenvalue weighted by molar-refractivity contribution is -0.533. The number of hydroxylamine groups is 2. The van der Waals surface area contributed by atoms with E-state index in [0.717, 1.165) is 10.6 Å². The first-order valence-electron chi connectivity index (χ1n) is 8.75. The summed E-state index contributed by atoms with van der Waals surface area (Å²) in [6.45, 7) is 3.34. The van der Waals surface area contributed by atoms with E-state index in [1.165, 1.54) is 6.92 Å². The van der Waals surface area contributed by atoms with Crippen LogP contribution in [0.4, 0.5) is 0 Å². The molecule has 0 fully saturated rings. The number of benzene rings is 2. The molecular weight excluding hydrogens is 348 g/mol. The molecule has 0 saturated heterocycles. The molecule has 0 amide bonds. The molecule has 0 aromatic heterocycles. The van der Waals surface area contributed by atoms with Gasteiger partial charge in [0.2, 0.25) is 6.04 Å². The highest BCUT2D eigenvalue weighted by Crippen LogP contribution is 2.30. The van der Waals surface area contributed by atoms with E-state index >= 15 is 0 Å². The van der Waals surface area contributed by atoms with E-state index in [2.05, 4.69) is 0 Å². The van der Waals surface area contributed by atoms with Crippen LogP contribution in [0.1, 0.15) is 31.0 Å². The number of methoxy groups -OCH3 is 2. The maximum atomic E-state index is 11.4. The number of ether oxygens (including phenoxy) is 2. The van der Waals surface area contributed by atoms with Gasteiger partial charge in [0.1, 0.15) is 6.04 Å². The maximum Gasteiger partial charge on any atom is 0.232 e. The Morgan fingerprint density at radius 2 is 1.70 bits per heavy atom. The molecule has 0 heterocycles. The van der Waals surface area contributed by atoms with E-state index in [4.69, 9.17) is 9.47 Å². The standard InChI is InChI=1S/C20H26N2O5/c1-14(12-16-10-11-18(26-3)19(13-16)27-4)21(23)20(15(2)22(24)25)17-8-6-5-7-9-17/h5-11,13-15,20,23H,12H2,1-4H3. The van der Waals surface area contributed by atoms with Crippen LogP contribution >= 0.6 is 0 Å². The first-order chi connectivity index (χ1) is 12.9. The second kappa shape index (κ2) is 9.34. The number of hydrogen-bond acceptors (Lipinski definition) is 6. The van der Waals surface area contributed by atoms with Gasteiger partial charge in [-0.05, 0) is 36.6 Å². The molecule has 0 bridgehead atoms. The number of nitro groups is 1. The minimum atomic E-state index is -0.967. The second-order valence-electron chi connectivity index (χ2n) is 6.50. The molecule has 0 radical (unpaired) electrons. The van der Waals surface area contributed by atoms with Crippen molar-refractivity contribution in [2.24, 2.45) is 0 Å². The molecule has 2 aromatic carbocycles. The topological polar surface area (TPSA) is 85.1 Å². The Kier molecular flexibility index (Phi) is 7.15. The van der Waals surface area contributed by atoms with Crippen molar-refractivity contribution in [2.75, 3.05) is 14.2 Å². The van der Waals surface area contributed by atoms with Crippen LogP contribution in [0.25, 0.3) is 0 Å². The van der Waals surface area contributed by atoms with Crippen LogP contribution in [-0.2, 0) is 6.42 Å². The predicted molar refractivity (Wildman–Crippen MR) is 102 cm³/mol. The van der Waals surface area contributed by atoms with Crippen molar-refractivity contribution in [1.29, 1.82) is 0 Å². The van der Waals surface area contributed by atoms with Crippen molar-refractivity contribution in [3.8, 4) is 11.5 Å². The average Bonchev–Trinajstić information content (AvgIpc) is 2.68. The molecule has 1 N–H and O–H groups in total. The van der Waals surface area contributed by atoms with Gasteiger partial charge in [-0.15, -0.1) is 0 Å². The summed E-state index contributed by atoms with van der Waals surface area (Å²) in [6.07, 6.45) is 0.491. The Balaban J connectivity index is 2.24. The normalized spacial score (nSPS) is 14.4. The van der Waals surface area contributed by atoms with Gasteiger partial charge in [0.05, 0.1) is 14.2 Å². The fourth-order valence-corrected chi connectivity index (χ4v) is 3.13. The Morgan fingerprint density at radius 1 is 1.07 bits per heavy atom. The van der Waals surface area contributed by atoms with Gasteiger partial charge < -0.3 is 14.7 Å². The molecule has 3 atom stereocenters. The lowest BCUT2D eigenvalue weighted by Crippen LogP contribution is -2.42. The molecule has 2 aromatic rings. The van der Waals surface area contributed by atoms with Crippen molar-refractivity contribution in [3.05, 3.63) is 69.8 Å². The molecule has 146 valence electrons. The van der Waals surface area contributed by atoms with E-state index in [-0.39, 0.29) is 11.0 Å². The molecule has 7 heteroatoms. The molecule has 0 aliphatic rings. The van der Waals surface area contributed by atoms with Gasteiger partial charge in [-0.2, -0.15) is 5.06 Å². The zero-order valence-corrected chi connectivity index (χ0v) is 16.0. The van der Waals surface area contributed by atoms with Crippen molar-refractivity contribution < 1.29 is 19.6 Å². The van der Waals surface area contributed by atoms with Crippen LogP contribution in [0.2, 0.25) is 0 Å². The van der Waals surface area contributed by atoms with E-state index < -0.39 is 12.1 Å². The summed E-state index contributed by atoms with van der Waals surface area (Å²) in [6, 6.07) is 12.5. The Morgan fingerprint density at radius 3 is 2.26 bits per heavy atom. The number of rotatable bonds is 9. The van der Waals surface area contributed by atoms with Gasteiger partial charge in [0.15, 0.2) is 11.5 Å². The summed E-state index contributed by atoms with van der Waals surface area (Å²) in [5, 5.41) is 23.3. The average molecular weight is 374 g/mol. The highest BCUT2D eigenvalue weighted by atomic mass is 16.6. The van der Waals surface area contributed by atoms with Gasteiger partial charge >= 0.3 is 0 Å². The summed E-state index contributed by atoms with van der Waals surface area (Å²) in [4.78, 5) is 11.0. The number of nitrogens with zero attached hydrogens (tertiary/aromatic N) is 2. The highest BCUT2D eigenvalue weighted by Gasteiger charge is 2.35. The SMILES string of the molecule is COc1ccc(CC(C)N(O)C(c2ccccc2)C(C)[N+](=O)[O-])cc1OC. The first-order valence-corrected chi connectivity index (χ1v) is 8.75. The summed E-state index contributed by atoms with van der Waals surface area (Å²) in [5.41, 5.74) is 1.63. The quantitative estimate of drug-likeness (QED) is 0.532. The minimum absolute atomic E-state index is 0.351. The number of hydrogen-bond donors (Lipinski definition) is 1. The van der Waals surface area contributed by atoms with Gasteiger partial charge in [0.25, 0.3) is 0 Å². The Hall–Kier alpha value is -2.64. The molecule has 3 unspecified atom stereocenters. The third-order valence-corrected chi connectivity index (χ3v) is 4.65. The first kappa shape index (κ1) is 20.7. The van der Waals surface area contributed by atoms with Crippen molar-refractivity contribution in [2.45, 2.75) is 38.4 Å². The van der Waals surface area contributed by atoms with Gasteiger partial charge in [-0.3, -0.25) is 10.1 Å². The molecule has 0 aliphatic heterocycles. The zero-order valence-electron chi connectivity index (χ0n) is 16.0. The fraction of sp³-hybridized carbons (Fsp3) is 0.400. The van der Waals surface area contributed by atoms with Crippen molar-refractivity contribution in [3.63, 3.8) is 0 Å². The van der Waals surface area contributed by atoms with Crippen LogP contribution in [-0.4, -0.2) is 41.5 Å². The molecular formula is C20H26N2O5. The third kappa shape index (κ3) is 4.96. The van der Waals surface area contributed by atoms with E-state index in [9.17, 15) is 15.3 Å². The molecule has 7 nitrogen and oxygen atoms in total. The van der Waals surface area contributed by atoms with E-state index in [0.29, 0.717) is 23.5 Å². The van der Waals surface area contributed by atoms with E-state index in [1.807, 2.05) is 37.3 Å². The second-order valence-corrected chi connectivity index (χ2v) is 6.50. The molecule has 27 heavy (non-hydrogen) atoms. The Labute approximate surface area is 159 Å². The largest absolute Gasteiger partial charge is 0.493 e. The smallest absolute Gasteiger partial charge is 0.232 e. The van der Waals surface area contributed by atoms with Gasteiger partial charge in [-0.25, -0.2) is 0 Å². The molecule has 2 rings (SSSR count). The third-order valence-electron chi connectivity index (χ3n) is 4.65. The van der Waals surface area contributed by atoms with Crippen molar-refractivity contribution in [1.82, 2.24) is 5.06 Å².